The molecule has 0 aliphatic heterocycles. The van der Waals surface area contributed by atoms with E-state index in [-0.39, 0.29) is 0 Å². The van der Waals surface area contributed by atoms with Gasteiger partial charge in [-0.3, -0.25) is 0 Å². The summed E-state index contributed by atoms with van der Waals surface area (Å²) in [5, 5.41) is 3.44. The largest absolute Gasteiger partial charge is 0.497 e. The van der Waals surface area contributed by atoms with E-state index in [1.165, 1.54) is 12.8 Å². The molecule has 1 rings (SSSR count). The molecule has 78 valence electrons. The predicted octanol–water partition coefficient (Wildman–Crippen LogP) is 3.30. The number of hydrogen-bond acceptors (Lipinski definition) is 2. The van der Waals surface area contributed by atoms with E-state index in [2.05, 4.69) is 19.2 Å². The van der Waals surface area contributed by atoms with Gasteiger partial charge in [-0.15, -0.1) is 0 Å². The maximum Gasteiger partial charge on any atom is 0.119 e. The summed E-state index contributed by atoms with van der Waals surface area (Å²) < 4.78 is 5.09. The van der Waals surface area contributed by atoms with Crippen LogP contribution in [-0.4, -0.2) is 13.2 Å². The molecule has 0 aliphatic rings. The Kier molecular flexibility index (Phi) is 4.30. The van der Waals surface area contributed by atoms with Gasteiger partial charge in [0.1, 0.15) is 5.75 Å². The predicted molar refractivity (Wildman–Crippen MR) is 61.0 cm³/mol. The summed E-state index contributed by atoms with van der Waals surface area (Å²) in [5.41, 5.74) is 1.16. The monoisotopic (exact) mass is 193 g/mol. The fraction of sp³-hybridized carbons (Fsp3) is 0.500. The van der Waals surface area contributed by atoms with E-state index in [1.54, 1.807) is 7.11 Å². The van der Waals surface area contributed by atoms with Crippen molar-refractivity contribution in [2.24, 2.45) is 0 Å². The molecule has 0 radical (unpaired) electrons. The number of nitrogens with one attached hydrogen (secondary N) is 1. The quantitative estimate of drug-likeness (QED) is 0.774. The summed E-state index contributed by atoms with van der Waals surface area (Å²) in [7, 11) is 1.68. The van der Waals surface area contributed by atoms with Gasteiger partial charge in [0.05, 0.1) is 7.11 Å². The lowest BCUT2D eigenvalue weighted by atomic mass is 10.2. The summed E-state index contributed by atoms with van der Waals surface area (Å²) in [6.07, 6.45) is 2.41. The van der Waals surface area contributed by atoms with Crippen LogP contribution < -0.4 is 10.1 Å². The highest BCUT2D eigenvalue weighted by Gasteiger charge is 1.99. The molecular formula is C12H19NO. The zero-order valence-electron chi connectivity index (χ0n) is 9.21. The smallest absolute Gasteiger partial charge is 0.119 e. The van der Waals surface area contributed by atoms with Crippen LogP contribution in [0.15, 0.2) is 24.3 Å². The molecule has 0 fully saturated rings. The van der Waals surface area contributed by atoms with Crippen LogP contribution in [0.4, 0.5) is 5.69 Å². The maximum absolute atomic E-state index is 5.09. The van der Waals surface area contributed by atoms with Gasteiger partial charge < -0.3 is 10.1 Å². The first-order valence-corrected chi connectivity index (χ1v) is 5.17. The molecule has 2 nitrogen and oxygen atoms in total. The Balaban J connectivity index is 2.50. The maximum atomic E-state index is 5.09. The van der Waals surface area contributed by atoms with Gasteiger partial charge in [-0.1, -0.05) is 13.3 Å². The van der Waals surface area contributed by atoms with Gasteiger partial charge in [0.25, 0.3) is 0 Å². The minimum absolute atomic E-state index is 0.536. The van der Waals surface area contributed by atoms with Crippen LogP contribution in [0.2, 0.25) is 0 Å². The van der Waals surface area contributed by atoms with Crippen molar-refractivity contribution in [3.63, 3.8) is 0 Å². The molecule has 0 aliphatic carbocycles. The summed E-state index contributed by atoms with van der Waals surface area (Å²) in [4.78, 5) is 0. The zero-order chi connectivity index (χ0) is 10.4. The van der Waals surface area contributed by atoms with E-state index in [0.717, 1.165) is 11.4 Å². The van der Waals surface area contributed by atoms with Crippen LogP contribution in [0, 0.1) is 0 Å². The highest BCUT2D eigenvalue weighted by Crippen LogP contribution is 2.16. The van der Waals surface area contributed by atoms with E-state index in [4.69, 9.17) is 4.74 Å². The van der Waals surface area contributed by atoms with Crippen LogP contribution in [0.3, 0.4) is 0 Å². The fourth-order valence-electron chi connectivity index (χ4n) is 1.48. The average molecular weight is 193 g/mol. The average Bonchev–Trinajstić information content (AvgIpc) is 2.19. The molecule has 0 bridgehead atoms. The molecule has 0 heterocycles. The first-order valence-electron chi connectivity index (χ1n) is 5.17. The Morgan fingerprint density at radius 3 is 2.43 bits per heavy atom. The number of rotatable bonds is 5. The Bertz CT molecular complexity index is 256. The van der Waals surface area contributed by atoms with Gasteiger partial charge in [0.15, 0.2) is 0 Å². The molecule has 1 N–H and O–H groups in total. The Morgan fingerprint density at radius 2 is 1.93 bits per heavy atom. The summed E-state index contributed by atoms with van der Waals surface area (Å²) in [6, 6.07) is 8.58. The van der Waals surface area contributed by atoms with Gasteiger partial charge in [0.2, 0.25) is 0 Å². The highest BCUT2D eigenvalue weighted by atomic mass is 16.5. The molecule has 1 atom stereocenters. The van der Waals surface area contributed by atoms with Crippen molar-refractivity contribution in [3.05, 3.63) is 24.3 Å². The molecule has 0 amide bonds. The van der Waals surface area contributed by atoms with Crippen LogP contribution in [0.5, 0.6) is 5.75 Å². The van der Waals surface area contributed by atoms with Crippen LogP contribution in [-0.2, 0) is 0 Å². The number of ether oxygens (including phenoxy) is 1. The molecule has 1 unspecified atom stereocenters. The van der Waals surface area contributed by atoms with E-state index < -0.39 is 0 Å². The third-order valence-electron chi connectivity index (χ3n) is 2.22. The Morgan fingerprint density at radius 1 is 1.29 bits per heavy atom. The van der Waals surface area contributed by atoms with Gasteiger partial charge in [-0.05, 0) is 37.6 Å². The number of methoxy groups -OCH3 is 1. The van der Waals surface area contributed by atoms with E-state index in [1.807, 2.05) is 24.3 Å². The molecule has 1 aromatic carbocycles. The molecular weight excluding hydrogens is 174 g/mol. The van der Waals surface area contributed by atoms with Crippen LogP contribution in [0.25, 0.3) is 0 Å². The number of benzene rings is 1. The van der Waals surface area contributed by atoms with Gasteiger partial charge in [0, 0.05) is 11.7 Å². The van der Waals surface area contributed by atoms with Crippen molar-refractivity contribution >= 4 is 5.69 Å². The van der Waals surface area contributed by atoms with E-state index >= 15 is 0 Å². The molecule has 0 saturated heterocycles. The zero-order valence-corrected chi connectivity index (χ0v) is 9.21. The molecule has 0 spiro atoms. The third kappa shape index (κ3) is 3.29. The first-order chi connectivity index (χ1) is 6.76. The van der Waals surface area contributed by atoms with Crippen molar-refractivity contribution < 1.29 is 4.74 Å². The topological polar surface area (TPSA) is 21.3 Å². The van der Waals surface area contributed by atoms with Crippen molar-refractivity contribution in [2.45, 2.75) is 32.7 Å². The molecule has 2 heteroatoms. The van der Waals surface area contributed by atoms with Crippen molar-refractivity contribution in [1.29, 1.82) is 0 Å². The Labute approximate surface area is 86.3 Å². The molecule has 0 saturated carbocycles. The lowest BCUT2D eigenvalue weighted by Gasteiger charge is -2.14. The van der Waals surface area contributed by atoms with E-state index in [9.17, 15) is 0 Å². The summed E-state index contributed by atoms with van der Waals surface area (Å²) >= 11 is 0. The minimum Gasteiger partial charge on any atom is -0.497 e. The summed E-state index contributed by atoms with van der Waals surface area (Å²) in [5.74, 6) is 0.902. The molecule has 0 aromatic heterocycles. The second-order valence-electron chi connectivity index (χ2n) is 3.56. The van der Waals surface area contributed by atoms with Gasteiger partial charge in [-0.2, -0.15) is 0 Å². The normalized spacial score (nSPS) is 12.2. The molecule has 14 heavy (non-hydrogen) atoms. The Hall–Kier alpha value is -1.18. The van der Waals surface area contributed by atoms with Crippen molar-refractivity contribution in [1.82, 2.24) is 0 Å². The molecule has 1 aromatic rings. The minimum atomic E-state index is 0.536. The summed E-state index contributed by atoms with van der Waals surface area (Å²) in [6.45, 7) is 4.40. The fourth-order valence-corrected chi connectivity index (χ4v) is 1.48. The van der Waals surface area contributed by atoms with Gasteiger partial charge >= 0.3 is 0 Å². The van der Waals surface area contributed by atoms with Crippen molar-refractivity contribution in [3.8, 4) is 5.75 Å². The first kappa shape index (κ1) is 10.9. The second kappa shape index (κ2) is 5.53. The van der Waals surface area contributed by atoms with Crippen LogP contribution >= 0.6 is 0 Å². The lowest BCUT2D eigenvalue weighted by Crippen LogP contribution is -2.14. The third-order valence-corrected chi connectivity index (χ3v) is 2.22. The standard InChI is InChI=1S/C12H19NO/c1-4-5-10(2)13-11-6-8-12(14-3)9-7-11/h6-10,13H,4-5H2,1-3H3. The SMILES string of the molecule is CCCC(C)Nc1ccc(OC)cc1. The number of hydrogen-bond donors (Lipinski definition) is 1. The van der Waals surface area contributed by atoms with Crippen LogP contribution in [0.1, 0.15) is 26.7 Å². The second-order valence-corrected chi connectivity index (χ2v) is 3.56. The van der Waals surface area contributed by atoms with Crippen molar-refractivity contribution in [2.75, 3.05) is 12.4 Å². The lowest BCUT2D eigenvalue weighted by molar-refractivity contribution is 0.415. The van der Waals surface area contributed by atoms with E-state index in [0.29, 0.717) is 6.04 Å². The van der Waals surface area contributed by atoms with Gasteiger partial charge in [-0.25, -0.2) is 0 Å². The number of anilines is 1. The highest BCUT2D eigenvalue weighted by molar-refractivity contribution is 5.46.